The molecule has 3 aromatic rings. The molecule has 0 aliphatic carbocycles. The largest absolute Gasteiger partial charge is 0.363 e. The Kier molecular flexibility index (Phi) is 5.65. The highest BCUT2D eigenvalue weighted by atomic mass is 16.1. The van der Waals surface area contributed by atoms with Gasteiger partial charge in [0.15, 0.2) is 0 Å². The smallest absolute Gasteiger partial charge is 0.251 e. The van der Waals surface area contributed by atoms with E-state index in [2.05, 4.69) is 25.7 Å². The molecule has 0 radical (unpaired) electrons. The molecule has 8 nitrogen and oxygen atoms in total. The first-order chi connectivity index (χ1) is 13.0. The standard InChI is InChI=1S/C19H23N7O/c1-14-12-17(25(2)3)24-19(23-14)21-10-9-20-18(27)15-6-4-7-16(13-15)26-11-5-8-22-26/h4-8,11-13H,9-10H2,1-3H3,(H,20,27)(H,21,23,24). The van der Waals surface area contributed by atoms with E-state index in [9.17, 15) is 4.79 Å². The lowest BCUT2D eigenvalue weighted by Crippen LogP contribution is -2.29. The molecule has 2 heterocycles. The molecule has 0 fully saturated rings. The molecule has 2 N–H and O–H groups in total. The highest BCUT2D eigenvalue weighted by Gasteiger charge is 2.07. The Hall–Kier alpha value is -3.42. The first-order valence-electron chi connectivity index (χ1n) is 8.68. The zero-order valence-electron chi connectivity index (χ0n) is 15.7. The van der Waals surface area contributed by atoms with Crippen LogP contribution in [-0.2, 0) is 0 Å². The van der Waals surface area contributed by atoms with E-state index >= 15 is 0 Å². The number of rotatable bonds is 7. The van der Waals surface area contributed by atoms with Crippen molar-refractivity contribution in [3.05, 3.63) is 60.0 Å². The third-order valence-electron chi connectivity index (χ3n) is 3.87. The van der Waals surface area contributed by atoms with Crippen molar-refractivity contribution in [2.45, 2.75) is 6.92 Å². The van der Waals surface area contributed by atoms with Crippen molar-refractivity contribution in [2.75, 3.05) is 37.4 Å². The van der Waals surface area contributed by atoms with Crippen LogP contribution in [0.3, 0.4) is 0 Å². The van der Waals surface area contributed by atoms with Gasteiger partial charge in [0.25, 0.3) is 5.91 Å². The minimum absolute atomic E-state index is 0.134. The minimum Gasteiger partial charge on any atom is -0.363 e. The molecule has 0 saturated heterocycles. The summed E-state index contributed by atoms with van der Waals surface area (Å²) in [7, 11) is 3.87. The highest BCUT2D eigenvalue weighted by Crippen LogP contribution is 2.12. The molecular weight excluding hydrogens is 342 g/mol. The Morgan fingerprint density at radius 2 is 2.00 bits per heavy atom. The zero-order valence-corrected chi connectivity index (χ0v) is 15.7. The molecule has 140 valence electrons. The molecule has 3 rings (SSSR count). The average molecular weight is 365 g/mol. The fourth-order valence-electron chi connectivity index (χ4n) is 2.52. The quantitative estimate of drug-likeness (QED) is 0.622. The number of hydrogen-bond donors (Lipinski definition) is 2. The Balaban J connectivity index is 1.54. The van der Waals surface area contributed by atoms with Gasteiger partial charge in [-0.3, -0.25) is 4.79 Å². The predicted octanol–water partition coefficient (Wildman–Crippen LogP) is 1.88. The molecule has 1 aromatic carbocycles. The first-order valence-corrected chi connectivity index (χ1v) is 8.68. The second kappa shape index (κ2) is 8.31. The maximum absolute atomic E-state index is 12.4. The van der Waals surface area contributed by atoms with E-state index in [0.717, 1.165) is 17.2 Å². The number of carbonyl (C=O) groups excluding carboxylic acids is 1. The number of aromatic nitrogens is 4. The van der Waals surface area contributed by atoms with Crippen molar-refractivity contribution in [1.29, 1.82) is 0 Å². The molecule has 1 amide bonds. The summed E-state index contributed by atoms with van der Waals surface area (Å²) in [6, 6.07) is 11.1. The molecule has 0 spiro atoms. The Bertz CT molecular complexity index is 906. The highest BCUT2D eigenvalue weighted by molar-refractivity contribution is 5.94. The van der Waals surface area contributed by atoms with Crippen LogP contribution in [0.1, 0.15) is 16.1 Å². The number of benzene rings is 1. The van der Waals surface area contributed by atoms with Gasteiger partial charge in [-0.15, -0.1) is 0 Å². The van der Waals surface area contributed by atoms with Crippen molar-refractivity contribution in [2.24, 2.45) is 0 Å². The predicted molar refractivity (Wildman–Crippen MR) is 105 cm³/mol. The molecule has 27 heavy (non-hydrogen) atoms. The number of hydrogen-bond acceptors (Lipinski definition) is 6. The Morgan fingerprint density at radius 1 is 1.15 bits per heavy atom. The fraction of sp³-hybridized carbons (Fsp3) is 0.263. The lowest BCUT2D eigenvalue weighted by molar-refractivity contribution is 0.0955. The van der Waals surface area contributed by atoms with Gasteiger partial charge >= 0.3 is 0 Å². The number of carbonyl (C=O) groups is 1. The van der Waals surface area contributed by atoms with Crippen molar-refractivity contribution < 1.29 is 4.79 Å². The molecule has 0 unspecified atom stereocenters. The summed E-state index contributed by atoms with van der Waals surface area (Å²) in [6.07, 6.45) is 3.54. The SMILES string of the molecule is Cc1cc(N(C)C)nc(NCCNC(=O)c2cccc(-n3cccn3)c2)n1. The number of anilines is 2. The second-order valence-electron chi connectivity index (χ2n) is 6.27. The third kappa shape index (κ3) is 4.81. The summed E-state index contributed by atoms with van der Waals surface area (Å²) in [5.74, 6) is 1.25. The minimum atomic E-state index is -0.134. The van der Waals surface area contributed by atoms with E-state index in [1.54, 1.807) is 16.9 Å². The van der Waals surface area contributed by atoms with Crippen LogP contribution in [-0.4, -0.2) is 52.8 Å². The lowest BCUT2D eigenvalue weighted by atomic mass is 10.2. The zero-order chi connectivity index (χ0) is 19.2. The molecule has 0 aliphatic heterocycles. The maximum atomic E-state index is 12.4. The van der Waals surface area contributed by atoms with Crippen LogP contribution in [0, 0.1) is 6.92 Å². The topological polar surface area (TPSA) is 88.0 Å². The van der Waals surface area contributed by atoms with Crippen molar-refractivity contribution >= 4 is 17.7 Å². The van der Waals surface area contributed by atoms with E-state index in [4.69, 9.17) is 0 Å². The van der Waals surface area contributed by atoms with Crippen LogP contribution in [0.15, 0.2) is 48.8 Å². The fourth-order valence-corrected chi connectivity index (χ4v) is 2.52. The van der Waals surface area contributed by atoms with E-state index in [1.807, 2.05) is 62.4 Å². The third-order valence-corrected chi connectivity index (χ3v) is 3.87. The van der Waals surface area contributed by atoms with Gasteiger partial charge in [0.05, 0.1) is 5.69 Å². The summed E-state index contributed by atoms with van der Waals surface area (Å²) >= 11 is 0. The van der Waals surface area contributed by atoms with Crippen molar-refractivity contribution in [3.8, 4) is 5.69 Å². The molecule has 0 atom stereocenters. The number of aryl methyl sites for hydroxylation is 1. The van der Waals surface area contributed by atoms with E-state index in [0.29, 0.717) is 24.6 Å². The van der Waals surface area contributed by atoms with Crippen molar-refractivity contribution in [1.82, 2.24) is 25.1 Å². The Morgan fingerprint density at radius 3 is 2.74 bits per heavy atom. The van der Waals surface area contributed by atoms with E-state index in [-0.39, 0.29) is 5.91 Å². The average Bonchev–Trinajstić information content (AvgIpc) is 3.19. The second-order valence-corrected chi connectivity index (χ2v) is 6.27. The van der Waals surface area contributed by atoms with Crippen LogP contribution in [0.5, 0.6) is 0 Å². The normalized spacial score (nSPS) is 10.5. The monoisotopic (exact) mass is 365 g/mol. The number of nitrogens with one attached hydrogen (secondary N) is 2. The van der Waals surface area contributed by atoms with Gasteiger partial charge in [-0.25, -0.2) is 9.67 Å². The van der Waals surface area contributed by atoms with Crippen molar-refractivity contribution in [3.63, 3.8) is 0 Å². The van der Waals surface area contributed by atoms with Gasteiger partial charge in [-0.2, -0.15) is 10.1 Å². The first kappa shape index (κ1) is 18.4. The Labute approximate surface area is 158 Å². The van der Waals surface area contributed by atoms with Gasteiger partial charge < -0.3 is 15.5 Å². The number of nitrogens with zero attached hydrogens (tertiary/aromatic N) is 5. The van der Waals surface area contributed by atoms with Gasteiger partial charge in [0.1, 0.15) is 5.82 Å². The van der Waals surface area contributed by atoms with Crippen LogP contribution in [0.25, 0.3) is 5.69 Å². The summed E-state index contributed by atoms with van der Waals surface area (Å²) in [6.45, 7) is 2.91. The van der Waals surface area contributed by atoms with Crippen LogP contribution in [0.2, 0.25) is 0 Å². The molecule has 0 saturated carbocycles. The van der Waals surface area contributed by atoms with Crippen LogP contribution in [0.4, 0.5) is 11.8 Å². The molecular formula is C19H23N7O. The summed E-state index contributed by atoms with van der Waals surface area (Å²) in [5.41, 5.74) is 2.32. The van der Waals surface area contributed by atoms with Gasteiger partial charge in [0, 0.05) is 56.9 Å². The molecule has 0 bridgehead atoms. The lowest BCUT2D eigenvalue weighted by Gasteiger charge is -2.14. The summed E-state index contributed by atoms with van der Waals surface area (Å²) < 4.78 is 1.72. The number of amides is 1. The summed E-state index contributed by atoms with van der Waals surface area (Å²) in [5, 5.41) is 10.2. The summed E-state index contributed by atoms with van der Waals surface area (Å²) in [4.78, 5) is 23.1. The molecule has 0 aliphatic rings. The molecule has 8 heteroatoms. The van der Waals surface area contributed by atoms with Gasteiger partial charge in [0.2, 0.25) is 5.95 Å². The molecule has 2 aromatic heterocycles. The van der Waals surface area contributed by atoms with Gasteiger partial charge in [-0.05, 0) is 31.2 Å². The van der Waals surface area contributed by atoms with Crippen LogP contribution < -0.4 is 15.5 Å². The maximum Gasteiger partial charge on any atom is 0.251 e. The van der Waals surface area contributed by atoms with E-state index in [1.165, 1.54) is 0 Å². The van der Waals surface area contributed by atoms with Gasteiger partial charge in [-0.1, -0.05) is 6.07 Å². The van der Waals surface area contributed by atoms with Crippen LogP contribution >= 0.6 is 0 Å². The van der Waals surface area contributed by atoms with E-state index < -0.39 is 0 Å².